The number of hydrogen-bond donors (Lipinski definition) is 1. The molecular formula is C18H28N2O3. The van der Waals surface area contributed by atoms with Gasteiger partial charge in [0.05, 0.1) is 20.6 Å². The van der Waals surface area contributed by atoms with Gasteiger partial charge in [-0.2, -0.15) is 0 Å². The molecule has 0 atom stereocenters. The Balaban J connectivity index is 1.80. The minimum absolute atomic E-state index is 0.0198. The highest BCUT2D eigenvalue weighted by molar-refractivity contribution is 5.79. The van der Waals surface area contributed by atoms with Gasteiger partial charge in [-0.25, -0.2) is 0 Å². The number of methoxy groups -OCH3 is 2. The molecule has 23 heavy (non-hydrogen) atoms. The SMILES string of the molecule is COc1ccc(OC)c(CC(=O)NCCN2CCCCCC2)c1. The number of rotatable bonds is 7. The molecule has 1 saturated heterocycles. The van der Waals surface area contributed by atoms with Crippen LogP contribution in [0, 0.1) is 0 Å². The zero-order valence-electron chi connectivity index (χ0n) is 14.3. The van der Waals surface area contributed by atoms with Crippen LogP contribution in [-0.4, -0.2) is 51.2 Å². The van der Waals surface area contributed by atoms with Crippen molar-refractivity contribution in [3.63, 3.8) is 0 Å². The van der Waals surface area contributed by atoms with Gasteiger partial charge < -0.3 is 19.7 Å². The average Bonchev–Trinajstić information content (AvgIpc) is 2.83. The van der Waals surface area contributed by atoms with E-state index in [-0.39, 0.29) is 5.91 Å². The molecular weight excluding hydrogens is 292 g/mol. The monoisotopic (exact) mass is 320 g/mol. The molecule has 1 aromatic carbocycles. The Labute approximate surface area is 139 Å². The van der Waals surface area contributed by atoms with Gasteiger partial charge in [0.15, 0.2) is 0 Å². The van der Waals surface area contributed by atoms with E-state index in [0.29, 0.717) is 18.7 Å². The maximum Gasteiger partial charge on any atom is 0.224 e. The number of ether oxygens (including phenoxy) is 2. The van der Waals surface area contributed by atoms with Gasteiger partial charge >= 0.3 is 0 Å². The number of carbonyl (C=O) groups excluding carboxylic acids is 1. The van der Waals surface area contributed by atoms with E-state index in [0.717, 1.165) is 30.9 Å². The molecule has 1 N–H and O–H groups in total. The van der Waals surface area contributed by atoms with Crippen LogP contribution in [-0.2, 0) is 11.2 Å². The van der Waals surface area contributed by atoms with Crippen LogP contribution < -0.4 is 14.8 Å². The second-order valence-corrected chi connectivity index (χ2v) is 5.96. The van der Waals surface area contributed by atoms with Gasteiger partial charge in [0, 0.05) is 18.7 Å². The summed E-state index contributed by atoms with van der Waals surface area (Å²) in [5.74, 6) is 1.47. The highest BCUT2D eigenvalue weighted by Gasteiger charge is 2.12. The molecule has 0 radical (unpaired) electrons. The second-order valence-electron chi connectivity index (χ2n) is 5.96. The molecule has 0 aliphatic carbocycles. The van der Waals surface area contributed by atoms with E-state index >= 15 is 0 Å². The third-order valence-electron chi connectivity index (χ3n) is 4.29. The summed E-state index contributed by atoms with van der Waals surface area (Å²) in [5.41, 5.74) is 0.846. The predicted octanol–water partition coefficient (Wildman–Crippen LogP) is 2.24. The molecule has 1 aliphatic rings. The normalized spacial score (nSPS) is 15.7. The van der Waals surface area contributed by atoms with Crippen molar-refractivity contribution < 1.29 is 14.3 Å². The number of carbonyl (C=O) groups is 1. The fourth-order valence-corrected chi connectivity index (χ4v) is 2.97. The summed E-state index contributed by atoms with van der Waals surface area (Å²) in [6.07, 6.45) is 5.52. The average molecular weight is 320 g/mol. The summed E-state index contributed by atoms with van der Waals surface area (Å²) >= 11 is 0. The largest absolute Gasteiger partial charge is 0.497 e. The van der Waals surface area contributed by atoms with Crippen LogP contribution in [0.3, 0.4) is 0 Å². The van der Waals surface area contributed by atoms with Crippen molar-refractivity contribution in [2.75, 3.05) is 40.4 Å². The summed E-state index contributed by atoms with van der Waals surface area (Å²) in [7, 11) is 3.23. The fourth-order valence-electron chi connectivity index (χ4n) is 2.97. The van der Waals surface area contributed by atoms with Crippen molar-refractivity contribution in [2.45, 2.75) is 32.1 Å². The van der Waals surface area contributed by atoms with E-state index in [4.69, 9.17) is 9.47 Å². The van der Waals surface area contributed by atoms with Gasteiger partial charge in [-0.15, -0.1) is 0 Å². The second kappa shape index (κ2) is 9.40. The highest BCUT2D eigenvalue weighted by Crippen LogP contribution is 2.24. The molecule has 1 heterocycles. The Hall–Kier alpha value is -1.75. The van der Waals surface area contributed by atoms with Crippen molar-refractivity contribution in [3.05, 3.63) is 23.8 Å². The van der Waals surface area contributed by atoms with Crippen LogP contribution in [0.1, 0.15) is 31.2 Å². The predicted molar refractivity (Wildman–Crippen MR) is 91.2 cm³/mol. The summed E-state index contributed by atoms with van der Waals surface area (Å²) in [6, 6.07) is 5.52. The minimum Gasteiger partial charge on any atom is -0.497 e. The van der Waals surface area contributed by atoms with Crippen LogP contribution in [0.2, 0.25) is 0 Å². The number of hydrogen-bond acceptors (Lipinski definition) is 4. The Morgan fingerprint density at radius 2 is 1.87 bits per heavy atom. The Kier molecular flexibility index (Phi) is 7.20. The lowest BCUT2D eigenvalue weighted by Gasteiger charge is -2.19. The lowest BCUT2D eigenvalue weighted by atomic mass is 10.1. The quantitative estimate of drug-likeness (QED) is 0.837. The maximum atomic E-state index is 12.2. The third kappa shape index (κ3) is 5.75. The first-order valence-corrected chi connectivity index (χ1v) is 8.43. The molecule has 2 rings (SSSR count). The molecule has 1 aromatic rings. The number of benzene rings is 1. The first-order chi connectivity index (χ1) is 11.2. The summed E-state index contributed by atoms with van der Waals surface area (Å²) in [4.78, 5) is 14.6. The molecule has 0 spiro atoms. The molecule has 0 unspecified atom stereocenters. The van der Waals surface area contributed by atoms with Crippen LogP contribution in [0.25, 0.3) is 0 Å². The standard InChI is InChI=1S/C18H28N2O3/c1-22-16-7-8-17(23-2)15(13-16)14-18(21)19-9-12-20-10-5-3-4-6-11-20/h7-8,13H,3-6,9-12,14H2,1-2H3,(H,19,21). The number of nitrogens with zero attached hydrogens (tertiary/aromatic N) is 1. The number of amides is 1. The first kappa shape index (κ1) is 17.6. The van der Waals surface area contributed by atoms with Gasteiger partial charge in [-0.05, 0) is 44.1 Å². The van der Waals surface area contributed by atoms with E-state index in [2.05, 4.69) is 10.2 Å². The van der Waals surface area contributed by atoms with Crippen molar-refractivity contribution >= 4 is 5.91 Å². The molecule has 0 bridgehead atoms. The lowest BCUT2D eigenvalue weighted by molar-refractivity contribution is -0.120. The topological polar surface area (TPSA) is 50.8 Å². The summed E-state index contributed by atoms with van der Waals surface area (Å²) in [6.45, 7) is 3.94. The molecule has 1 aliphatic heterocycles. The summed E-state index contributed by atoms with van der Waals surface area (Å²) in [5, 5.41) is 3.01. The molecule has 5 nitrogen and oxygen atoms in total. The minimum atomic E-state index is 0.0198. The van der Waals surface area contributed by atoms with E-state index in [1.54, 1.807) is 14.2 Å². The van der Waals surface area contributed by atoms with Crippen molar-refractivity contribution in [1.29, 1.82) is 0 Å². The van der Waals surface area contributed by atoms with Gasteiger partial charge in [0.25, 0.3) is 0 Å². The van der Waals surface area contributed by atoms with Crippen LogP contribution in [0.5, 0.6) is 11.5 Å². The number of nitrogens with one attached hydrogen (secondary N) is 1. The third-order valence-corrected chi connectivity index (χ3v) is 4.29. The van der Waals surface area contributed by atoms with Crippen LogP contribution in [0.4, 0.5) is 0 Å². The van der Waals surface area contributed by atoms with Crippen molar-refractivity contribution in [1.82, 2.24) is 10.2 Å². The van der Waals surface area contributed by atoms with Crippen molar-refractivity contribution in [3.8, 4) is 11.5 Å². The Morgan fingerprint density at radius 1 is 1.13 bits per heavy atom. The van der Waals surface area contributed by atoms with Gasteiger partial charge in [-0.1, -0.05) is 12.8 Å². The van der Waals surface area contributed by atoms with Crippen LogP contribution in [0.15, 0.2) is 18.2 Å². The van der Waals surface area contributed by atoms with Gasteiger partial charge in [-0.3, -0.25) is 4.79 Å². The smallest absolute Gasteiger partial charge is 0.224 e. The summed E-state index contributed by atoms with van der Waals surface area (Å²) < 4.78 is 10.5. The Bertz CT molecular complexity index is 497. The van der Waals surface area contributed by atoms with E-state index in [1.807, 2.05) is 18.2 Å². The zero-order chi connectivity index (χ0) is 16.5. The van der Waals surface area contributed by atoms with E-state index in [9.17, 15) is 4.79 Å². The van der Waals surface area contributed by atoms with Gasteiger partial charge in [0.2, 0.25) is 5.91 Å². The van der Waals surface area contributed by atoms with Crippen molar-refractivity contribution in [2.24, 2.45) is 0 Å². The molecule has 5 heteroatoms. The maximum absolute atomic E-state index is 12.2. The first-order valence-electron chi connectivity index (χ1n) is 8.43. The zero-order valence-corrected chi connectivity index (χ0v) is 14.3. The van der Waals surface area contributed by atoms with Gasteiger partial charge in [0.1, 0.15) is 11.5 Å². The van der Waals surface area contributed by atoms with E-state index < -0.39 is 0 Å². The molecule has 1 fully saturated rings. The molecule has 0 saturated carbocycles. The Morgan fingerprint density at radius 3 is 2.52 bits per heavy atom. The number of likely N-dealkylation sites (tertiary alicyclic amines) is 1. The van der Waals surface area contributed by atoms with E-state index in [1.165, 1.54) is 25.7 Å². The lowest BCUT2D eigenvalue weighted by Crippen LogP contribution is -2.36. The highest BCUT2D eigenvalue weighted by atomic mass is 16.5. The molecule has 1 amide bonds. The molecule has 0 aromatic heterocycles. The molecule has 128 valence electrons. The fraction of sp³-hybridized carbons (Fsp3) is 0.611. The van der Waals surface area contributed by atoms with Crippen LogP contribution >= 0.6 is 0 Å².